The van der Waals surface area contributed by atoms with Crippen molar-refractivity contribution in [2.24, 2.45) is 0 Å². The van der Waals surface area contributed by atoms with Gasteiger partial charge in [-0.25, -0.2) is 13.2 Å². The first kappa shape index (κ1) is 9.58. The maximum absolute atomic E-state index is 12.5. The summed E-state index contributed by atoms with van der Waals surface area (Å²) in [7, 11) is 0. The van der Waals surface area contributed by atoms with Crippen LogP contribution in [0.4, 0.5) is 13.2 Å². The van der Waals surface area contributed by atoms with Crippen molar-refractivity contribution in [3.05, 3.63) is 35.4 Å². The highest BCUT2D eigenvalue weighted by molar-refractivity contribution is 9.09. The van der Waals surface area contributed by atoms with Gasteiger partial charge >= 0.3 is 0 Å². The van der Waals surface area contributed by atoms with Gasteiger partial charge in [-0.1, -0.05) is 24.3 Å². The fourth-order valence-electron chi connectivity index (χ4n) is 0.787. The molecule has 1 aromatic rings. The summed E-state index contributed by atoms with van der Waals surface area (Å²) in [4.78, 5) is 0. The van der Waals surface area contributed by atoms with Crippen LogP contribution in [0.5, 0.6) is 0 Å². The van der Waals surface area contributed by atoms with Crippen LogP contribution in [-0.2, 0) is 0 Å². The average molecular weight is 239 g/mol. The van der Waals surface area contributed by atoms with Crippen molar-refractivity contribution in [3.8, 4) is 0 Å². The second-order valence-electron chi connectivity index (χ2n) is 2.27. The molecule has 0 saturated heterocycles. The molecule has 0 N–H and O–H groups in total. The van der Waals surface area contributed by atoms with E-state index in [0.29, 0.717) is 5.56 Å². The summed E-state index contributed by atoms with van der Waals surface area (Å²) in [6.07, 6.45) is -2.49. The zero-order chi connectivity index (χ0) is 9.14. The first-order valence-corrected chi connectivity index (χ1v) is 4.19. The van der Waals surface area contributed by atoms with E-state index in [-0.39, 0.29) is 5.56 Å². The molecule has 0 saturated carbocycles. The summed E-state index contributed by atoms with van der Waals surface area (Å²) in [5, 5.41) is -1.29. The van der Waals surface area contributed by atoms with Crippen molar-refractivity contribution in [1.82, 2.24) is 0 Å². The number of hydrogen-bond donors (Lipinski definition) is 0. The zero-order valence-corrected chi connectivity index (χ0v) is 7.56. The SMILES string of the molecule is FC(F)c1ccc(C(F)Br)cc1. The highest BCUT2D eigenvalue weighted by Crippen LogP contribution is 2.26. The Morgan fingerprint density at radius 2 is 1.33 bits per heavy atom. The smallest absolute Gasteiger partial charge is 0.230 e. The second-order valence-corrected chi connectivity index (χ2v) is 3.07. The third kappa shape index (κ3) is 2.24. The molecule has 66 valence electrons. The quantitative estimate of drug-likeness (QED) is 0.684. The lowest BCUT2D eigenvalue weighted by Crippen LogP contribution is -1.86. The molecule has 0 aliphatic carbocycles. The van der Waals surface area contributed by atoms with Crippen molar-refractivity contribution in [1.29, 1.82) is 0 Å². The Hall–Kier alpha value is -0.510. The molecular formula is C8H6BrF3. The van der Waals surface area contributed by atoms with E-state index in [9.17, 15) is 13.2 Å². The highest BCUT2D eigenvalue weighted by Gasteiger charge is 2.08. The van der Waals surface area contributed by atoms with E-state index >= 15 is 0 Å². The number of halogens is 4. The van der Waals surface area contributed by atoms with Crippen molar-refractivity contribution in [2.45, 2.75) is 11.5 Å². The first-order valence-electron chi connectivity index (χ1n) is 3.27. The molecule has 0 heterocycles. The predicted octanol–water partition coefficient (Wildman–Crippen LogP) is 3.99. The summed E-state index contributed by atoms with van der Waals surface area (Å²) in [5.74, 6) is 0. The van der Waals surface area contributed by atoms with Gasteiger partial charge in [0.1, 0.15) is 0 Å². The van der Waals surface area contributed by atoms with Crippen LogP contribution in [0.15, 0.2) is 24.3 Å². The third-order valence-electron chi connectivity index (χ3n) is 1.44. The zero-order valence-electron chi connectivity index (χ0n) is 5.98. The summed E-state index contributed by atoms with van der Waals surface area (Å²) in [5.41, 5.74) is 0.256. The van der Waals surface area contributed by atoms with Crippen molar-refractivity contribution < 1.29 is 13.2 Å². The van der Waals surface area contributed by atoms with Gasteiger partial charge in [0.05, 0.1) is 0 Å². The molecule has 0 nitrogen and oxygen atoms in total. The summed E-state index contributed by atoms with van der Waals surface area (Å²) in [6, 6.07) is 5.10. The second kappa shape index (κ2) is 3.94. The minimum Gasteiger partial charge on any atom is -0.230 e. The van der Waals surface area contributed by atoms with Crippen LogP contribution in [-0.4, -0.2) is 0 Å². The van der Waals surface area contributed by atoms with E-state index in [0.717, 1.165) is 0 Å². The summed E-state index contributed by atoms with van der Waals surface area (Å²) in [6.45, 7) is 0. The van der Waals surface area contributed by atoms with Crippen LogP contribution in [0, 0.1) is 0 Å². The van der Waals surface area contributed by atoms with Gasteiger partial charge in [-0.3, -0.25) is 0 Å². The first-order chi connectivity index (χ1) is 5.61. The minimum absolute atomic E-state index is 0.0908. The Morgan fingerprint density at radius 3 is 1.67 bits per heavy atom. The number of hydrogen-bond acceptors (Lipinski definition) is 0. The van der Waals surface area contributed by atoms with E-state index in [2.05, 4.69) is 15.9 Å². The molecule has 0 aliphatic rings. The van der Waals surface area contributed by atoms with Gasteiger partial charge in [0, 0.05) is 5.56 Å². The highest BCUT2D eigenvalue weighted by atomic mass is 79.9. The summed E-state index contributed by atoms with van der Waals surface area (Å²) < 4.78 is 36.5. The Bertz CT molecular complexity index is 216. The lowest BCUT2D eigenvalue weighted by molar-refractivity contribution is 0.151. The molecule has 0 amide bonds. The van der Waals surface area contributed by atoms with Gasteiger partial charge in [-0.15, -0.1) is 0 Å². The van der Waals surface area contributed by atoms with E-state index < -0.39 is 11.5 Å². The van der Waals surface area contributed by atoms with E-state index in [4.69, 9.17) is 0 Å². The van der Waals surface area contributed by atoms with Crippen molar-refractivity contribution >= 4 is 15.9 Å². The lowest BCUT2D eigenvalue weighted by Gasteiger charge is -2.02. The maximum atomic E-state index is 12.5. The predicted molar refractivity (Wildman–Crippen MR) is 44.2 cm³/mol. The van der Waals surface area contributed by atoms with Gasteiger partial charge in [0.2, 0.25) is 0 Å². The molecular weight excluding hydrogens is 233 g/mol. The fourth-order valence-corrected chi connectivity index (χ4v) is 1.09. The van der Waals surface area contributed by atoms with Gasteiger partial charge in [0.25, 0.3) is 6.43 Å². The van der Waals surface area contributed by atoms with Crippen LogP contribution >= 0.6 is 15.9 Å². The van der Waals surface area contributed by atoms with Gasteiger partial charge in [0.15, 0.2) is 5.08 Å². The van der Waals surface area contributed by atoms with Crippen LogP contribution in [0.25, 0.3) is 0 Å². The average Bonchev–Trinajstić information content (AvgIpc) is 2.04. The Morgan fingerprint density at radius 1 is 0.917 bits per heavy atom. The van der Waals surface area contributed by atoms with Crippen LogP contribution in [0.3, 0.4) is 0 Å². The normalized spacial score (nSPS) is 13.4. The van der Waals surface area contributed by atoms with Gasteiger partial charge in [-0.2, -0.15) is 0 Å². The van der Waals surface area contributed by atoms with Gasteiger partial charge < -0.3 is 0 Å². The minimum atomic E-state index is -2.49. The molecule has 0 fully saturated rings. The van der Waals surface area contributed by atoms with E-state index in [1.165, 1.54) is 24.3 Å². The Kier molecular flexibility index (Phi) is 3.14. The standard InChI is InChI=1S/C8H6BrF3/c9-7(10)5-1-3-6(4-2-5)8(11)12/h1-4,7-8H. The Balaban J connectivity index is 2.86. The van der Waals surface area contributed by atoms with E-state index in [1.54, 1.807) is 0 Å². The van der Waals surface area contributed by atoms with Crippen LogP contribution in [0.2, 0.25) is 0 Å². The molecule has 1 atom stereocenters. The molecule has 0 bridgehead atoms. The van der Waals surface area contributed by atoms with Crippen LogP contribution in [0.1, 0.15) is 22.6 Å². The molecule has 1 unspecified atom stereocenters. The molecule has 4 heteroatoms. The van der Waals surface area contributed by atoms with Crippen LogP contribution < -0.4 is 0 Å². The molecule has 1 rings (SSSR count). The molecule has 0 spiro atoms. The van der Waals surface area contributed by atoms with E-state index in [1.807, 2.05) is 0 Å². The monoisotopic (exact) mass is 238 g/mol. The van der Waals surface area contributed by atoms with Gasteiger partial charge in [-0.05, 0) is 21.5 Å². The summed E-state index contributed by atoms with van der Waals surface area (Å²) >= 11 is 2.69. The third-order valence-corrected chi connectivity index (χ3v) is 1.97. The number of benzene rings is 1. The number of rotatable bonds is 2. The lowest BCUT2D eigenvalue weighted by atomic mass is 10.1. The molecule has 0 aliphatic heterocycles. The largest absolute Gasteiger partial charge is 0.263 e. The maximum Gasteiger partial charge on any atom is 0.263 e. The fraction of sp³-hybridized carbons (Fsp3) is 0.250. The van der Waals surface area contributed by atoms with Crippen molar-refractivity contribution in [3.63, 3.8) is 0 Å². The molecule has 0 radical (unpaired) electrons. The molecule has 1 aromatic carbocycles. The van der Waals surface area contributed by atoms with Crippen molar-refractivity contribution in [2.75, 3.05) is 0 Å². The topological polar surface area (TPSA) is 0 Å². The molecule has 12 heavy (non-hydrogen) atoms. The Labute approximate surface area is 76.5 Å². The molecule has 0 aromatic heterocycles. The number of alkyl halides is 4.